The fraction of sp³-hybridized carbons (Fsp3) is 0.0909. The van der Waals surface area contributed by atoms with Crippen molar-refractivity contribution in [2.24, 2.45) is 5.73 Å². The zero-order valence-corrected chi connectivity index (χ0v) is 8.80. The molecule has 0 aromatic heterocycles. The number of amides is 2. The van der Waals surface area contributed by atoms with Gasteiger partial charge in [-0.05, 0) is 31.2 Å². The Hall–Kier alpha value is -2.30. The summed E-state index contributed by atoms with van der Waals surface area (Å²) < 4.78 is 0. The topological polar surface area (TPSA) is 83.6 Å². The molecule has 0 atom stereocenters. The summed E-state index contributed by atoms with van der Waals surface area (Å²) >= 11 is 0. The first-order chi connectivity index (χ1) is 7.43. The second kappa shape index (κ2) is 4.48. The zero-order chi connectivity index (χ0) is 12.3. The minimum Gasteiger partial charge on any atom is -0.508 e. The third kappa shape index (κ3) is 2.38. The summed E-state index contributed by atoms with van der Waals surface area (Å²) in [6.07, 6.45) is 0. The smallest absolute Gasteiger partial charge is 0.320 e. The Kier molecular flexibility index (Phi) is 3.30. The van der Waals surface area contributed by atoms with Crippen LogP contribution in [0.25, 0.3) is 0 Å². The molecule has 0 bridgehead atoms. The number of anilines is 1. The fourth-order valence-corrected chi connectivity index (χ4v) is 1.22. The Balaban J connectivity index is 3.13. The highest BCUT2D eigenvalue weighted by molar-refractivity contribution is 6.40. The summed E-state index contributed by atoms with van der Waals surface area (Å²) in [4.78, 5) is 23.4. The number of carbonyl (C=O) groups excluding carboxylic acids is 2. The first kappa shape index (κ1) is 11.8. The van der Waals surface area contributed by atoms with Crippen LogP contribution in [0.15, 0.2) is 36.5 Å². The number of primary amides is 1. The van der Waals surface area contributed by atoms with Gasteiger partial charge in [-0.2, -0.15) is 0 Å². The van der Waals surface area contributed by atoms with E-state index in [0.717, 1.165) is 4.90 Å². The minimum atomic E-state index is -1.06. The molecular weight excluding hydrogens is 208 g/mol. The molecule has 3 N–H and O–H groups in total. The molecule has 5 heteroatoms. The Bertz CT molecular complexity index is 437. The van der Waals surface area contributed by atoms with E-state index >= 15 is 0 Å². The van der Waals surface area contributed by atoms with E-state index in [1.54, 1.807) is 6.92 Å². The Morgan fingerprint density at radius 3 is 2.19 bits per heavy atom. The van der Waals surface area contributed by atoms with Crippen LogP contribution in [0.5, 0.6) is 5.75 Å². The van der Waals surface area contributed by atoms with Crippen LogP contribution < -0.4 is 10.6 Å². The molecule has 0 spiro atoms. The standard InChI is InChI=1S/C11H12N2O3/c1-7(2)13(11(16)10(12)15)8-3-5-9(14)6-4-8/h3-6,14H,1H2,2H3,(H2,12,15). The Morgan fingerprint density at radius 2 is 1.81 bits per heavy atom. The maximum Gasteiger partial charge on any atom is 0.320 e. The van der Waals surface area contributed by atoms with E-state index in [4.69, 9.17) is 10.8 Å². The number of benzene rings is 1. The highest BCUT2D eigenvalue weighted by Crippen LogP contribution is 2.21. The van der Waals surface area contributed by atoms with Gasteiger partial charge in [0.05, 0.1) is 0 Å². The van der Waals surface area contributed by atoms with Crippen LogP contribution in [-0.2, 0) is 9.59 Å². The van der Waals surface area contributed by atoms with Crippen molar-refractivity contribution in [1.82, 2.24) is 0 Å². The lowest BCUT2D eigenvalue weighted by atomic mass is 10.2. The molecule has 0 aliphatic heterocycles. The van der Waals surface area contributed by atoms with Gasteiger partial charge < -0.3 is 10.8 Å². The SMILES string of the molecule is C=C(C)N(C(=O)C(N)=O)c1ccc(O)cc1. The van der Waals surface area contributed by atoms with Crippen molar-refractivity contribution >= 4 is 17.5 Å². The second-order valence-corrected chi connectivity index (χ2v) is 3.26. The number of hydrogen-bond donors (Lipinski definition) is 2. The predicted octanol–water partition coefficient (Wildman–Crippen LogP) is 0.744. The number of nitrogens with two attached hydrogens (primary N) is 1. The Morgan fingerprint density at radius 1 is 1.31 bits per heavy atom. The van der Waals surface area contributed by atoms with Crippen molar-refractivity contribution in [2.75, 3.05) is 4.90 Å². The monoisotopic (exact) mass is 220 g/mol. The van der Waals surface area contributed by atoms with Crippen LogP contribution in [-0.4, -0.2) is 16.9 Å². The van der Waals surface area contributed by atoms with Gasteiger partial charge in [-0.25, -0.2) is 0 Å². The molecule has 2 amide bonds. The quantitative estimate of drug-likeness (QED) is 0.721. The van der Waals surface area contributed by atoms with Crippen molar-refractivity contribution in [3.8, 4) is 5.75 Å². The number of aromatic hydroxyl groups is 1. The lowest BCUT2D eigenvalue weighted by molar-refractivity contribution is -0.135. The van der Waals surface area contributed by atoms with Gasteiger partial charge in [-0.15, -0.1) is 0 Å². The van der Waals surface area contributed by atoms with Crippen molar-refractivity contribution in [1.29, 1.82) is 0 Å². The molecule has 1 aromatic carbocycles. The van der Waals surface area contributed by atoms with E-state index in [-0.39, 0.29) is 5.75 Å². The molecule has 0 saturated heterocycles. The first-order valence-corrected chi connectivity index (χ1v) is 4.52. The number of phenolic OH excluding ortho intramolecular Hbond substituents is 1. The molecule has 84 valence electrons. The average molecular weight is 220 g/mol. The molecular formula is C11H12N2O3. The summed E-state index contributed by atoms with van der Waals surface area (Å²) in [6.45, 7) is 5.17. The average Bonchev–Trinajstić information content (AvgIpc) is 2.20. The number of hydrogen-bond acceptors (Lipinski definition) is 3. The van der Waals surface area contributed by atoms with Crippen molar-refractivity contribution in [2.45, 2.75) is 6.92 Å². The maximum atomic E-state index is 11.5. The molecule has 0 aliphatic carbocycles. The summed E-state index contributed by atoms with van der Waals surface area (Å²) in [6, 6.07) is 5.79. The molecule has 0 fully saturated rings. The van der Waals surface area contributed by atoms with Gasteiger partial charge in [0.2, 0.25) is 0 Å². The van der Waals surface area contributed by atoms with Crippen LogP contribution in [0.3, 0.4) is 0 Å². The van der Waals surface area contributed by atoms with Crippen LogP contribution in [0.4, 0.5) is 5.69 Å². The molecule has 16 heavy (non-hydrogen) atoms. The van der Waals surface area contributed by atoms with Crippen LogP contribution in [0.1, 0.15) is 6.92 Å². The minimum absolute atomic E-state index is 0.0666. The van der Waals surface area contributed by atoms with E-state index < -0.39 is 11.8 Å². The zero-order valence-electron chi connectivity index (χ0n) is 8.80. The normalized spacial score (nSPS) is 9.56. The van der Waals surface area contributed by atoms with Crippen molar-refractivity contribution in [3.05, 3.63) is 36.5 Å². The predicted molar refractivity (Wildman–Crippen MR) is 59.6 cm³/mol. The number of nitrogens with zero attached hydrogens (tertiary/aromatic N) is 1. The summed E-state index contributed by atoms with van der Waals surface area (Å²) in [5.74, 6) is -1.86. The van der Waals surface area contributed by atoms with Crippen LogP contribution in [0, 0.1) is 0 Å². The highest BCUT2D eigenvalue weighted by atomic mass is 16.3. The van der Waals surface area contributed by atoms with Crippen LogP contribution >= 0.6 is 0 Å². The summed E-state index contributed by atoms with van der Waals surface area (Å²) in [7, 11) is 0. The second-order valence-electron chi connectivity index (χ2n) is 3.26. The number of allylic oxidation sites excluding steroid dienone is 1. The number of phenols is 1. The van der Waals surface area contributed by atoms with Gasteiger partial charge in [0.1, 0.15) is 5.75 Å². The van der Waals surface area contributed by atoms with E-state index in [2.05, 4.69) is 6.58 Å². The Labute approximate surface area is 92.8 Å². The van der Waals surface area contributed by atoms with Crippen molar-refractivity contribution < 1.29 is 14.7 Å². The molecule has 1 aromatic rings. The van der Waals surface area contributed by atoms with E-state index in [0.29, 0.717) is 11.4 Å². The highest BCUT2D eigenvalue weighted by Gasteiger charge is 2.21. The molecule has 0 aliphatic rings. The fourth-order valence-electron chi connectivity index (χ4n) is 1.22. The third-order valence-corrected chi connectivity index (χ3v) is 1.90. The molecule has 5 nitrogen and oxygen atoms in total. The number of carbonyl (C=O) groups is 2. The summed E-state index contributed by atoms with van der Waals surface area (Å²) in [5, 5.41) is 9.11. The maximum absolute atomic E-state index is 11.5. The van der Waals surface area contributed by atoms with Gasteiger partial charge in [0.25, 0.3) is 0 Å². The lowest BCUT2D eigenvalue weighted by Gasteiger charge is -2.20. The van der Waals surface area contributed by atoms with Gasteiger partial charge in [0, 0.05) is 11.4 Å². The van der Waals surface area contributed by atoms with E-state index in [1.165, 1.54) is 24.3 Å². The summed E-state index contributed by atoms with van der Waals surface area (Å²) in [5.41, 5.74) is 5.72. The van der Waals surface area contributed by atoms with E-state index in [1.807, 2.05) is 0 Å². The van der Waals surface area contributed by atoms with Gasteiger partial charge >= 0.3 is 11.8 Å². The molecule has 1 rings (SSSR count). The molecule has 0 heterocycles. The van der Waals surface area contributed by atoms with Gasteiger partial charge in [-0.3, -0.25) is 14.5 Å². The molecule has 0 unspecified atom stereocenters. The van der Waals surface area contributed by atoms with Gasteiger partial charge in [-0.1, -0.05) is 6.58 Å². The lowest BCUT2D eigenvalue weighted by Crippen LogP contribution is -2.39. The first-order valence-electron chi connectivity index (χ1n) is 4.52. The van der Waals surface area contributed by atoms with Crippen LogP contribution in [0.2, 0.25) is 0 Å². The van der Waals surface area contributed by atoms with Gasteiger partial charge in [0.15, 0.2) is 0 Å². The van der Waals surface area contributed by atoms with E-state index in [9.17, 15) is 9.59 Å². The number of rotatable bonds is 2. The molecule has 0 radical (unpaired) electrons. The molecule has 0 saturated carbocycles. The van der Waals surface area contributed by atoms with Crippen molar-refractivity contribution in [3.63, 3.8) is 0 Å². The third-order valence-electron chi connectivity index (χ3n) is 1.90. The largest absolute Gasteiger partial charge is 0.508 e.